The van der Waals surface area contributed by atoms with Gasteiger partial charge in [0.1, 0.15) is 0 Å². The number of rotatable bonds is 5. The molecule has 0 saturated heterocycles. The highest BCUT2D eigenvalue weighted by atomic mass is 35.5. The first-order valence-electron chi connectivity index (χ1n) is 7.67. The summed E-state index contributed by atoms with van der Waals surface area (Å²) in [6.07, 6.45) is 0.998. The smallest absolute Gasteiger partial charge is 0.220 e. The molecule has 1 atom stereocenters. The molecular formula is C19H21Cl2NO. The molecule has 0 unspecified atom stereocenters. The predicted molar refractivity (Wildman–Crippen MR) is 97.3 cm³/mol. The molecule has 0 aliphatic carbocycles. The number of carbonyl (C=O) groups excluding carboxylic acids is 1. The molecule has 23 heavy (non-hydrogen) atoms. The molecular weight excluding hydrogens is 329 g/mol. The molecule has 0 bridgehead atoms. The van der Waals surface area contributed by atoms with Crippen molar-refractivity contribution in [1.29, 1.82) is 0 Å². The molecule has 0 radical (unpaired) electrons. The Labute approximate surface area is 147 Å². The van der Waals surface area contributed by atoms with E-state index < -0.39 is 0 Å². The average Bonchev–Trinajstić information content (AvgIpc) is 2.46. The minimum Gasteiger partial charge on any atom is -0.350 e. The van der Waals surface area contributed by atoms with E-state index in [1.54, 1.807) is 12.1 Å². The number of amides is 1. The standard InChI is InChI=1S/C19H21Cl2NO/c1-12-4-8-17(13(2)10-12)14(3)22-19(23)9-6-15-5-7-16(20)11-18(15)21/h4-5,7-8,10-11,14H,6,9H2,1-3H3,(H,22,23)/t14-/m1/s1. The summed E-state index contributed by atoms with van der Waals surface area (Å²) in [5.41, 5.74) is 4.50. The second-order valence-corrected chi connectivity index (χ2v) is 6.73. The zero-order valence-corrected chi connectivity index (χ0v) is 15.1. The number of hydrogen-bond acceptors (Lipinski definition) is 1. The first kappa shape index (κ1) is 17.8. The lowest BCUT2D eigenvalue weighted by atomic mass is 10.00. The van der Waals surface area contributed by atoms with Gasteiger partial charge in [-0.25, -0.2) is 0 Å². The Morgan fingerprint density at radius 3 is 2.52 bits per heavy atom. The van der Waals surface area contributed by atoms with E-state index in [0.717, 1.165) is 11.1 Å². The molecule has 0 aliphatic rings. The van der Waals surface area contributed by atoms with Crippen molar-refractivity contribution < 1.29 is 4.79 Å². The number of benzene rings is 2. The van der Waals surface area contributed by atoms with Crippen LogP contribution in [0.1, 0.15) is 41.6 Å². The van der Waals surface area contributed by atoms with Crippen LogP contribution in [0.5, 0.6) is 0 Å². The summed E-state index contributed by atoms with van der Waals surface area (Å²) in [4.78, 5) is 12.2. The van der Waals surface area contributed by atoms with Crippen molar-refractivity contribution in [2.45, 2.75) is 39.7 Å². The highest BCUT2D eigenvalue weighted by Crippen LogP contribution is 2.22. The van der Waals surface area contributed by atoms with Crippen molar-refractivity contribution in [2.75, 3.05) is 0 Å². The van der Waals surface area contributed by atoms with Crippen LogP contribution >= 0.6 is 23.2 Å². The lowest BCUT2D eigenvalue weighted by Crippen LogP contribution is -2.27. The highest BCUT2D eigenvalue weighted by Gasteiger charge is 2.12. The largest absolute Gasteiger partial charge is 0.350 e. The SMILES string of the molecule is Cc1ccc([C@@H](C)NC(=O)CCc2ccc(Cl)cc2Cl)c(C)c1. The molecule has 0 saturated carbocycles. The summed E-state index contributed by atoms with van der Waals surface area (Å²) in [5.74, 6) is 0.0171. The van der Waals surface area contributed by atoms with Gasteiger partial charge in [-0.3, -0.25) is 4.79 Å². The molecule has 0 heterocycles. The van der Waals surface area contributed by atoms with E-state index in [2.05, 4.69) is 37.4 Å². The number of aryl methyl sites for hydroxylation is 3. The number of carbonyl (C=O) groups is 1. The first-order valence-corrected chi connectivity index (χ1v) is 8.43. The normalized spacial score (nSPS) is 12.0. The van der Waals surface area contributed by atoms with Crippen LogP contribution in [-0.4, -0.2) is 5.91 Å². The van der Waals surface area contributed by atoms with Crippen molar-refractivity contribution in [3.05, 3.63) is 68.7 Å². The number of nitrogens with one attached hydrogen (secondary N) is 1. The zero-order chi connectivity index (χ0) is 17.0. The van der Waals surface area contributed by atoms with Crippen molar-refractivity contribution in [3.63, 3.8) is 0 Å². The third-order valence-electron chi connectivity index (χ3n) is 3.91. The molecule has 122 valence electrons. The van der Waals surface area contributed by atoms with Crippen molar-refractivity contribution in [1.82, 2.24) is 5.32 Å². The van der Waals surface area contributed by atoms with Gasteiger partial charge in [0.05, 0.1) is 6.04 Å². The van der Waals surface area contributed by atoms with E-state index in [9.17, 15) is 4.79 Å². The fraction of sp³-hybridized carbons (Fsp3) is 0.316. The number of hydrogen-bond donors (Lipinski definition) is 1. The Kier molecular flexibility index (Phi) is 6.09. The molecule has 1 amide bonds. The molecule has 2 aromatic carbocycles. The van der Waals surface area contributed by atoms with E-state index in [1.807, 2.05) is 13.0 Å². The minimum atomic E-state index is -0.0104. The van der Waals surface area contributed by atoms with Gasteiger partial charge in [0, 0.05) is 16.5 Å². The van der Waals surface area contributed by atoms with Crippen LogP contribution in [0.2, 0.25) is 10.0 Å². The quantitative estimate of drug-likeness (QED) is 0.766. The van der Waals surface area contributed by atoms with Crippen molar-refractivity contribution in [2.24, 2.45) is 0 Å². The predicted octanol–water partition coefficient (Wildman–Crippen LogP) is 5.42. The Morgan fingerprint density at radius 2 is 1.87 bits per heavy atom. The molecule has 1 N–H and O–H groups in total. The van der Waals surface area contributed by atoms with Crippen LogP contribution in [0.25, 0.3) is 0 Å². The molecule has 4 heteroatoms. The summed E-state index contributed by atoms with van der Waals surface area (Å²) in [6, 6.07) is 11.6. The summed E-state index contributed by atoms with van der Waals surface area (Å²) in [6.45, 7) is 6.14. The lowest BCUT2D eigenvalue weighted by molar-refractivity contribution is -0.121. The molecule has 2 aromatic rings. The highest BCUT2D eigenvalue weighted by molar-refractivity contribution is 6.35. The maximum absolute atomic E-state index is 12.2. The van der Waals surface area contributed by atoms with Crippen LogP contribution in [0.4, 0.5) is 0 Å². The fourth-order valence-electron chi connectivity index (χ4n) is 2.68. The van der Waals surface area contributed by atoms with Crippen LogP contribution < -0.4 is 5.32 Å². The summed E-state index contributed by atoms with van der Waals surface area (Å²) in [7, 11) is 0. The maximum atomic E-state index is 12.2. The van der Waals surface area contributed by atoms with E-state index in [4.69, 9.17) is 23.2 Å². The van der Waals surface area contributed by atoms with Gasteiger partial charge in [0.25, 0.3) is 0 Å². The monoisotopic (exact) mass is 349 g/mol. The Morgan fingerprint density at radius 1 is 1.13 bits per heavy atom. The summed E-state index contributed by atoms with van der Waals surface area (Å²) in [5, 5.41) is 4.26. The average molecular weight is 350 g/mol. The molecule has 0 fully saturated rings. The molecule has 0 spiro atoms. The van der Waals surface area contributed by atoms with E-state index in [-0.39, 0.29) is 11.9 Å². The maximum Gasteiger partial charge on any atom is 0.220 e. The zero-order valence-electron chi connectivity index (χ0n) is 13.6. The molecule has 0 aromatic heterocycles. The van der Waals surface area contributed by atoms with Gasteiger partial charge in [0.15, 0.2) is 0 Å². The van der Waals surface area contributed by atoms with Crippen LogP contribution in [0.15, 0.2) is 36.4 Å². The second kappa shape index (κ2) is 7.85. The third kappa shape index (κ3) is 4.98. The molecule has 0 aliphatic heterocycles. The Hall–Kier alpha value is -1.51. The Bertz CT molecular complexity index is 713. The van der Waals surface area contributed by atoms with Crippen LogP contribution in [-0.2, 0) is 11.2 Å². The van der Waals surface area contributed by atoms with Gasteiger partial charge >= 0.3 is 0 Å². The minimum absolute atomic E-state index is 0.0104. The van der Waals surface area contributed by atoms with Gasteiger partial charge in [-0.2, -0.15) is 0 Å². The third-order valence-corrected chi connectivity index (χ3v) is 4.49. The van der Waals surface area contributed by atoms with Crippen LogP contribution in [0.3, 0.4) is 0 Å². The first-order chi connectivity index (χ1) is 10.9. The fourth-order valence-corrected chi connectivity index (χ4v) is 3.18. The van der Waals surface area contributed by atoms with Crippen molar-refractivity contribution >= 4 is 29.1 Å². The van der Waals surface area contributed by atoms with E-state index >= 15 is 0 Å². The van der Waals surface area contributed by atoms with Gasteiger partial charge in [0.2, 0.25) is 5.91 Å². The lowest BCUT2D eigenvalue weighted by Gasteiger charge is -2.17. The van der Waals surface area contributed by atoms with Crippen molar-refractivity contribution in [3.8, 4) is 0 Å². The van der Waals surface area contributed by atoms with Gasteiger partial charge in [-0.15, -0.1) is 0 Å². The van der Waals surface area contributed by atoms with E-state index in [1.165, 1.54) is 11.1 Å². The van der Waals surface area contributed by atoms with E-state index in [0.29, 0.717) is 22.9 Å². The molecule has 2 rings (SSSR count). The Balaban J connectivity index is 1.93. The van der Waals surface area contributed by atoms with Gasteiger partial charge in [-0.05, 0) is 56.0 Å². The van der Waals surface area contributed by atoms with Crippen LogP contribution in [0, 0.1) is 13.8 Å². The second-order valence-electron chi connectivity index (χ2n) is 5.88. The summed E-state index contributed by atoms with van der Waals surface area (Å²) < 4.78 is 0. The topological polar surface area (TPSA) is 29.1 Å². The van der Waals surface area contributed by atoms with Gasteiger partial charge in [-0.1, -0.05) is 53.0 Å². The molecule has 2 nitrogen and oxygen atoms in total. The summed E-state index contributed by atoms with van der Waals surface area (Å²) >= 11 is 12.0. The van der Waals surface area contributed by atoms with Gasteiger partial charge < -0.3 is 5.32 Å². The number of halogens is 2.